The van der Waals surface area contributed by atoms with E-state index in [2.05, 4.69) is 10.2 Å². The molecule has 2 rings (SSSR count). The van der Waals surface area contributed by atoms with Crippen molar-refractivity contribution >= 4 is 11.6 Å². The van der Waals surface area contributed by atoms with E-state index in [4.69, 9.17) is 21.1 Å². The minimum absolute atomic E-state index is 0.220. The van der Waals surface area contributed by atoms with Crippen LogP contribution in [0.3, 0.4) is 0 Å². The van der Waals surface area contributed by atoms with E-state index in [-0.39, 0.29) is 6.10 Å². The Labute approximate surface area is 80.8 Å². The van der Waals surface area contributed by atoms with Gasteiger partial charge in [-0.3, -0.25) is 0 Å². The molecule has 1 aliphatic rings. The molecule has 4 nitrogen and oxygen atoms in total. The average Bonchev–Trinajstić information content (AvgIpc) is 2.05. The van der Waals surface area contributed by atoms with Crippen molar-refractivity contribution in [1.29, 1.82) is 0 Å². The third-order valence-corrected chi connectivity index (χ3v) is 1.96. The van der Waals surface area contributed by atoms with Crippen molar-refractivity contribution < 1.29 is 9.47 Å². The van der Waals surface area contributed by atoms with E-state index in [0.717, 1.165) is 5.69 Å². The Morgan fingerprint density at radius 3 is 2.85 bits per heavy atom. The van der Waals surface area contributed by atoms with E-state index in [0.29, 0.717) is 25.0 Å². The Morgan fingerprint density at radius 2 is 2.31 bits per heavy atom. The van der Waals surface area contributed by atoms with Crippen molar-refractivity contribution in [1.82, 2.24) is 10.2 Å². The smallest absolute Gasteiger partial charge is 0.151 e. The first-order chi connectivity index (χ1) is 6.34. The van der Waals surface area contributed by atoms with Gasteiger partial charge in [-0.15, -0.1) is 5.10 Å². The summed E-state index contributed by atoms with van der Waals surface area (Å²) in [5.74, 6) is 0. The van der Waals surface area contributed by atoms with Gasteiger partial charge >= 0.3 is 0 Å². The molecule has 0 aromatic carbocycles. The largest absolute Gasteiger partial charge is 0.376 e. The fraction of sp³-hybridized carbons (Fsp3) is 0.500. The number of ether oxygens (including phenoxy) is 2. The van der Waals surface area contributed by atoms with Crippen LogP contribution in [0.1, 0.15) is 5.69 Å². The topological polar surface area (TPSA) is 44.2 Å². The molecule has 13 heavy (non-hydrogen) atoms. The number of aromatic nitrogens is 2. The molecule has 0 radical (unpaired) electrons. The van der Waals surface area contributed by atoms with Crippen LogP contribution >= 0.6 is 11.6 Å². The van der Waals surface area contributed by atoms with Gasteiger partial charge in [-0.2, -0.15) is 5.10 Å². The van der Waals surface area contributed by atoms with Crippen LogP contribution in [-0.4, -0.2) is 29.5 Å². The van der Waals surface area contributed by atoms with E-state index in [1.165, 1.54) is 0 Å². The summed E-state index contributed by atoms with van der Waals surface area (Å²) < 4.78 is 10.4. The number of rotatable bonds is 3. The summed E-state index contributed by atoms with van der Waals surface area (Å²) in [6.07, 6.45) is 0.220. The average molecular weight is 201 g/mol. The summed E-state index contributed by atoms with van der Waals surface area (Å²) >= 11 is 5.58. The molecule has 5 heteroatoms. The van der Waals surface area contributed by atoms with Gasteiger partial charge < -0.3 is 9.47 Å². The lowest BCUT2D eigenvalue weighted by Gasteiger charge is -2.25. The molecule has 1 saturated heterocycles. The molecule has 1 aliphatic heterocycles. The minimum atomic E-state index is 0.220. The summed E-state index contributed by atoms with van der Waals surface area (Å²) in [5, 5.41) is 7.96. The molecule has 70 valence electrons. The van der Waals surface area contributed by atoms with Crippen LogP contribution in [0.5, 0.6) is 0 Å². The molecule has 0 amide bonds. The maximum atomic E-state index is 5.58. The molecular weight excluding hydrogens is 192 g/mol. The number of halogens is 1. The highest BCUT2D eigenvalue weighted by molar-refractivity contribution is 6.29. The molecule has 0 spiro atoms. The summed E-state index contributed by atoms with van der Waals surface area (Å²) in [6.45, 7) is 1.83. The number of hydrogen-bond donors (Lipinski definition) is 0. The van der Waals surface area contributed by atoms with Crippen LogP contribution in [0.25, 0.3) is 0 Å². The summed E-state index contributed by atoms with van der Waals surface area (Å²) in [4.78, 5) is 0. The highest BCUT2D eigenvalue weighted by Gasteiger charge is 2.18. The lowest BCUT2D eigenvalue weighted by atomic mass is 10.3. The van der Waals surface area contributed by atoms with Crippen LogP contribution in [-0.2, 0) is 16.1 Å². The fourth-order valence-electron chi connectivity index (χ4n) is 0.934. The van der Waals surface area contributed by atoms with E-state index < -0.39 is 0 Å². The van der Waals surface area contributed by atoms with Crippen molar-refractivity contribution in [2.75, 3.05) is 13.2 Å². The first kappa shape index (κ1) is 8.87. The summed E-state index contributed by atoms with van der Waals surface area (Å²) in [7, 11) is 0. The van der Waals surface area contributed by atoms with Gasteiger partial charge in [0, 0.05) is 0 Å². The maximum absolute atomic E-state index is 5.58. The van der Waals surface area contributed by atoms with Gasteiger partial charge in [0.1, 0.15) is 6.10 Å². The van der Waals surface area contributed by atoms with Crippen molar-refractivity contribution in [3.05, 3.63) is 23.0 Å². The molecular formula is C8H9ClN2O2. The minimum Gasteiger partial charge on any atom is -0.376 e. The van der Waals surface area contributed by atoms with Crippen molar-refractivity contribution in [2.45, 2.75) is 12.7 Å². The lowest BCUT2D eigenvalue weighted by molar-refractivity contribution is -0.136. The van der Waals surface area contributed by atoms with Crippen LogP contribution < -0.4 is 0 Å². The normalized spacial score (nSPS) is 17.0. The van der Waals surface area contributed by atoms with Crippen LogP contribution in [0.15, 0.2) is 12.1 Å². The molecule has 0 aliphatic carbocycles. The van der Waals surface area contributed by atoms with Crippen molar-refractivity contribution in [3.8, 4) is 0 Å². The van der Waals surface area contributed by atoms with Crippen LogP contribution in [0, 0.1) is 0 Å². The molecule has 1 aromatic rings. The molecule has 1 fully saturated rings. The first-order valence-corrected chi connectivity index (χ1v) is 4.40. The quantitative estimate of drug-likeness (QED) is 0.732. The standard InChI is InChI=1S/C8H9ClN2O2/c9-8-2-1-6(10-11-8)3-13-7-4-12-5-7/h1-2,7H,3-5H2. The second-order valence-corrected chi connectivity index (χ2v) is 3.21. The van der Waals surface area contributed by atoms with Gasteiger partial charge in [0.15, 0.2) is 5.15 Å². The van der Waals surface area contributed by atoms with E-state index >= 15 is 0 Å². The summed E-state index contributed by atoms with van der Waals surface area (Å²) in [6, 6.07) is 3.50. The zero-order chi connectivity index (χ0) is 9.10. The molecule has 2 heterocycles. The fourth-order valence-corrected chi connectivity index (χ4v) is 1.03. The molecule has 1 aromatic heterocycles. The van der Waals surface area contributed by atoms with Crippen LogP contribution in [0.2, 0.25) is 5.15 Å². The lowest BCUT2D eigenvalue weighted by Crippen LogP contribution is -2.35. The Balaban J connectivity index is 1.83. The van der Waals surface area contributed by atoms with Gasteiger partial charge in [0.25, 0.3) is 0 Å². The van der Waals surface area contributed by atoms with Crippen molar-refractivity contribution in [3.63, 3.8) is 0 Å². The van der Waals surface area contributed by atoms with Crippen LogP contribution in [0.4, 0.5) is 0 Å². The van der Waals surface area contributed by atoms with Crippen molar-refractivity contribution in [2.24, 2.45) is 0 Å². The Bertz CT molecular complexity index is 274. The van der Waals surface area contributed by atoms with E-state index in [9.17, 15) is 0 Å². The second-order valence-electron chi connectivity index (χ2n) is 2.82. The molecule has 0 atom stereocenters. The zero-order valence-electron chi connectivity index (χ0n) is 6.94. The third kappa shape index (κ3) is 2.37. The predicted octanol–water partition coefficient (Wildman–Crippen LogP) is 1.05. The highest BCUT2D eigenvalue weighted by atomic mass is 35.5. The molecule has 0 saturated carbocycles. The van der Waals surface area contributed by atoms with Gasteiger partial charge in [0.05, 0.1) is 25.5 Å². The Hall–Kier alpha value is -0.710. The Kier molecular flexibility index (Phi) is 2.73. The van der Waals surface area contributed by atoms with Gasteiger partial charge in [-0.05, 0) is 12.1 Å². The second kappa shape index (κ2) is 4.00. The van der Waals surface area contributed by atoms with E-state index in [1.54, 1.807) is 12.1 Å². The highest BCUT2D eigenvalue weighted by Crippen LogP contribution is 2.09. The number of hydrogen-bond acceptors (Lipinski definition) is 4. The summed E-state index contributed by atoms with van der Waals surface area (Å²) in [5.41, 5.74) is 0.788. The van der Waals surface area contributed by atoms with E-state index in [1.807, 2.05) is 0 Å². The predicted molar refractivity (Wildman–Crippen MR) is 46.4 cm³/mol. The van der Waals surface area contributed by atoms with Gasteiger partial charge in [-0.1, -0.05) is 11.6 Å². The molecule has 0 bridgehead atoms. The zero-order valence-corrected chi connectivity index (χ0v) is 7.70. The molecule has 0 N–H and O–H groups in total. The van der Waals surface area contributed by atoms with Gasteiger partial charge in [0.2, 0.25) is 0 Å². The maximum Gasteiger partial charge on any atom is 0.151 e. The number of nitrogens with zero attached hydrogens (tertiary/aromatic N) is 2. The first-order valence-electron chi connectivity index (χ1n) is 4.02. The SMILES string of the molecule is Clc1ccc(COC2COC2)nn1. The Morgan fingerprint density at radius 1 is 1.46 bits per heavy atom. The third-order valence-electron chi connectivity index (χ3n) is 1.76. The molecule has 0 unspecified atom stereocenters. The van der Waals surface area contributed by atoms with Gasteiger partial charge in [-0.25, -0.2) is 0 Å². The monoisotopic (exact) mass is 200 g/mol.